The molecule has 1 aliphatic heterocycles. The molecule has 0 spiro atoms. The summed E-state index contributed by atoms with van der Waals surface area (Å²) in [4.78, 5) is 14.6. The Morgan fingerprint density at radius 2 is 1.73 bits per heavy atom. The lowest BCUT2D eigenvalue weighted by atomic mass is 9.79. The molecule has 1 heterocycles. The zero-order valence-corrected chi connectivity index (χ0v) is 16.2. The summed E-state index contributed by atoms with van der Waals surface area (Å²) in [5.74, 6) is 0.0198. The second-order valence-electron chi connectivity index (χ2n) is 6.87. The summed E-state index contributed by atoms with van der Waals surface area (Å²) >= 11 is 0. The van der Waals surface area contributed by atoms with Crippen LogP contribution in [0.5, 0.6) is 5.75 Å². The smallest absolute Gasteiger partial charge is 0.313 e. The van der Waals surface area contributed by atoms with Crippen LogP contribution >= 0.6 is 0 Å². The maximum Gasteiger partial charge on any atom is 0.313 e. The Bertz CT molecular complexity index is 937. The Hall–Kier alpha value is -2.34. The number of amides is 1. The lowest BCUT2D eigenvalue weighted by Gasteiger charge is -2.31. The number of carbonyl (C=O) groups is 1. The van der Waals surface area contributed by atoms with Gasteiger partial charge in [-0.2, -0.15) is 8.42 Å². The fourth-order valence-electron chi connectivity index (χ4n) is 3.78. The van der Waals surface area contributed by atoms with Gasteiger partial charge in [0.25, 0.3) is 0 Å². The fourth-order valence-corrected chi connectivity index (χ4v) is 5.49. The molecule has 1 amide bonds. The number of fused-ring (bicyclic) bond motifs is 1. The van der Waals surface area contributed by atoms with Crippen LogP contribution in [0.15, 0.2) is 48.5 Å². The zero-order valence-electron chi connectivity index (χ0n) is 15.4. The normalized spacial score (nSPS) is 20.8. The minimum absolute atomic E-state index is 0.235. The molecule has 2 aromatic rings. The Morgan fingerprint density at radius 3 is 2.35 bits per heavy atom. The molecule has 0 bridgehead atoms. The van der Waals surface area contributed by atoms with Crippen molar-refractivity contribution >= 4 is 21.7 Å². The number of hydrogen-bond donors (Lipinski definition) is 0. The number of aryl methyl sites for hydroxylation is 1. The van der Waals surface area contributed by atoms with E-state index in [0.29, 0.717) is 0 Å². The van der Waals surface area contributed by atoms with Crippen molar-refractivity contribution < 1.29 is 17.4 Å². The number of hydrogen-bond acceptors (Lipinski definition) is 4. The van der Waals surface area contributed by atoms with Crippen molar-refractivity contribution in [3.05, 3.63) is 59.7 Å². The first kappa shape index (κ1) is 18.5. The number of rotatable bonds is 5. The molecular formula is C20H23NO4S. The van der Waals surface area contributed by atoms with Crippen LogP contribution in [-0.4, -0.2) is 26.6 Å². The summed E-state index contributed by atoms with van der Waals surface area (Å²) in [6.07, 6.45) is 0.263. The van der Waals surface area contributed by atoms with Crippen LogP contribution < -0.4 is 9.08 Å². The molecule has 2 aromatic carbocycles. The molecule has 6 heteroatoms. The highest BCUT2D eigenvalue weighted by Gasteiger charge is 2.55. The number of likely N-dealkylation sites (N-methyl/N-ethyl adjacent to an activating group) is 1. The van der Waals surface area contributed by atoms with Gasteiger partial charge in [0.05, 0.1) is 5.41 Å². The molecule has 2 unspecified atom stereocenters. The van der Waals surface area contributed by atoms with E-state index in [1.54, 1.807) is 45.2 Å². The van der Waals surface area contributed by atoms with Crippen LogP contribution in [0.4, 0.5) is 5.69 Å². The van der Waals surface area contributed by atoms with Crippen LogP contribution in [0.25, 0.3) is 0 Å². The summed E-state index contributed by atoms with van der Waals surface area (Å²) in [6, 6.07) is 14.1. The molecule has 0 saturated heterocycles. The summed E-state index contributed by atoms with van der Waals surface area (Å²) in [6.45, 7) is 5.38. The Labute approximate surface area is 154 Å². The molecule has 0 radical (unpaired) electrons. The summed E-state index contributed by atoms with van der Waals surface area (Å²) in [7, 11) is -2.35. The topological polar surface area (TPSA) is 63.7 Å². The second kappa shape index (κ2) is 6.43. The lowest BCUT2D eigenvalue weighted by molar-refractivity contribution is -0.122. The predicted molar refractivity (Wildman–Crippen MR) is 102 cm³/mol. The zero-order chi connectivity index (χ0) is 19.1. The molecule has 0 aliphatic carbocycles. The van der Waals surface area contributed by atoms with Gasteiger partial charge in [-0.1, -0.05) is 42.8 Å². The molecule has 1 aliphatic rings. The van der Waals surface area contributed by atoms with Gasteiger partial charge in [-0.15, -0.1) is 0 Å². The van der Waals surface area contributed by atoms with Crippen molar-refractivity contribution in [1.29, 1.82) is 0 Å². The monoisotopic (exact) mass is 373 g/mol. The number of carbonyl (C=O) groups excluding carboxylic acids is 1. The minimum Gasteiger partial charge on any atom is -0.382 e. The number of anilines is 1. The molecular weight excluding hydrogens is 350 g/mol. The predicted octanol–water partition coefficient (Wildman–Crippen LogP) is 3.42. The number of para-hydroxylation sites is 1. The van der Waals surface area contributed by atoms with Gasteiger partial charge in [0, 0.05) is 12.7 Å². The molecule has 5 nitrogen and oxygen atoms in total. The summed E-state index contributed by atoms with van der Waals surface area (Å²) in [5.41, 5.74) is 1.28. The standard InChI is InChI=1S/C20H23NO4S/c1-5-18(26(23,24)25-15-12-10-14(2)11-13-15)20(3)16-8-6-7-9-17(16)21(4)19(20)22/h6-13,18H,5H2,1-4H3. The molecule has 0 saturated carbocycles. The van der Waals surface area contributed by atoms with Gasteiger partial charge in [-0.25, -0.2) is 0 Å². The van der Waals surface area contributed by atoms with Gasteiger partial charge in [0.2, 0.25) is 5.91 Å². The average Bonchev–Trinajstić information content (AvgIpc) is 2.80. The van der Waals surface area contributed by atoms with E-state index in [1.165, 1.54) is 4.90 Å². The number of benzene rings is 2. The van der Waals surface area contributed by atoms with E-state index in [-0.39, 0.29) is 18.1 Å². The van der Waals surface area contributed by atoms with Crippen molar-refractivity contribution in [3.8, 4) is 5.75 Å². The van der Waals surface area contributed by atoms with Crippen LogP contribution in [0.2, 0.25) is 0 Å². The van der Waals surface area contributed by atoms with Crippen molar-refractivity contribution in [2.75, 3.05) is 11.9 Å². The fraction of sp³-hybridized carbons (Fsp3) is 0.350. The van der Waals surface area contributed by atoms with Gasteiger partial charge in [-0.3, -0.25) is 4.79 Å². The molecule has 2 atom stereocenters. The van der Waals surface area contributed by atoms with E-state index in [0.717, 1.165) is 16.8 Å². The van der Waals surface area contributed by atoms with Gasteiger partial charge in [0.1, 0.15) is 11.0 Å². The third-order valence-corrected chi connectivity index (χ3v) is 7.10. The molecule has 0 aromatic heterocycles. The molecule has 26 heavy (non-hydrogen) atoms. The van der Waals surface area contributed by atoms with E-state index in [2.05, 4.69) is 0 Å². The first-order valence-corrected chi connectivity index (χ1v) is 10.1. The quantitative estimate of drug-likeness (QED) is 0.754. The Kier molecular flexibility index (Phi) is 4.56. The molecule has 138 valence electrons. The van der Waals surface area contributed by atoms with Crippen molar-refractivity contribution in [2.45, 2.75) is 37.9 Å². The minimum atomic E-state index is -4.03. The van der Waals surface area contributed by atoms with E-state index >= 15 is 0 Å². The summed E-state index contributed by atoms with van der Waals surface area (Å²) < 4.78 is 31.5. The van der Waals surface area contributed by atoms with Crippen molar-refractivity contribution in [1.82, 2.24) is 0 Å². The van der Waals surface area contributed by atoms with Crippen molar-refractivity contribution in [2.24, 2.45) is 0 Å². The van der Waals surface area contributed by atoms with Crippen LogP contribution in [-0.2, 0) is 20.3 Å². The van der Waals surface area contributed by atoms with E-state index < -0.39 is 20.8 Å². The largest absolute Gasteiger partial charge is 0.382 e. The Morgan fingerprint density at radius 1 is 1.12 bits per heavy atom. The van der Waals surface area contributed by atoms with Crippen LogP contribution in [0.1, 0.15) is 31.4 Å². The summed E-state index contributed by atoms with van der Waals surface area (Å²) in [5, 5.41) is -0.991. The third kappa shape index (κ3) is 2.78. The van der Waals surface area contributed by atoms with Crippen molar-refractivity contribution in [3.63, 3.8) is 0 Å². The van der Waals surface area contributed by atoms with Gasteiger partial charge >= 0.3 is 10.1 Å². The highest BCUT2D eigenvalue weighted by Crippen LogP contribution is 2.46. The first-order valence-electron chi connectivity index (χ1n) is 8.59. The maximum atomic E-state index is 13.1. The van der Waals surface area contributed by atoms with E-state index in [9.17, 15) is 13.2 Å². The molecule has 0 N–H and O–H groups in total. The SMILES string of the molecule is CCC(C1(C)C(=O)N(C)c2ccccc21)S(=O)(=O)Oc1ccc(C)cc1. The van der Waals surface area contributed by atoms with Gasteiger partial charge in [-0.05, 0) is 44.0 Å². The van der Waals surface area contributed by atoms with Crippen LogP contribution in [0.3, 0.4) is 0 Å². The highest BCUT2D eigenvalue weighted by atomic mass is 32.2. The average molecular weight is 373 g/mol. The molecule has 3 rings (SSSR count). The van der Waals surface area contributed by atoms with E-state index in [1.807, 2.05) is 31.2 Å². The molecule has 0 fully saturated rings. The van der Waals surface area contributed by atoms with Crippen LogP contribution in [0, 0.1) is 6.92 Å². The Balaban J connectivity index is 2.05. The highest BCUT2D eigenvalue weighted by molar-refractivity contribution is 7.87. The third-order valence-electron chi connectivity index (χ3n) is 5.17. The lowest BCUT2D eigenvalue weighted by Crippen LogP contribution is -2.50. The first-order chi connectivity index (χ1) is 12.2. The second-order valence-corrected chi connectivity index (χ2v) is 8.59. The van der Waals surface area contributed by atoms with Gasteiger partial charge in [0.15, 0.2) is 0 Å². The maximum absolute atomic E-state index is 13.1. The van der Waals surface area contributed by atoms with E-state index in [4.69, 9.17) is 4.18 Å². The van der Waals surface area contributed by atoms with Gasteiger partial charge < -0.3 is 9.08 Å². The number of nitrogens with zero attached hydrogens (tertiary/aromatic N) is 1.